The number of H-pyrrole nitrogens is 1. The lowest BCUT2D eigenvalue weighted by Crippen LogP contribution is -2.30. The fraction of sp³-hybridized carbons (Fsp3) is 0.412. The predicted octanol–water partition coefficient (Wildman–Crippen LogP) is 2.02. The molecule has 0 spiro atoms. The molecule has 134 valence electrons. The molecule has 1 aromatic heterocycles. The summed E-state index contributed by atoms with van der Waals surface area (Å²) in [7, 11) is -3.57. The molecule has 0 bridgehead atoms. The van der Waals surface area contributed by atoms with Gasteiger partial charge in [0.15, 0.2) is 15.5 Å². The highest BCUT2D eigenvalue weighted by Gasteiger charge is 2.21. The van der Waals surface area contributed by atoms with Gasteiger partial charge in [0.2, 0.25) is 0 Å². The minimum Gasteiger partial charge on any atom is -0.350 e. The number of nitrogens with one attached hydrogen (secondary N) is 2. The van der Waals surface area contributed by atoms with E-state index in [1.165, 1.54) is 12.1 Å². The van der Waals surface area contributed by atoms with E-state index in [0.717, 1.165) is 55.5 Å². The van der Waals surface area contributed by atoms with Gasteiger partial charge in [0, 0.05) is 17.8 Å². The Labute approximate surface area is 145 Å². The quantitative estimate of drug-likeness (QED) is 0.626. The van der Waals surface area contributed by atoms with Crippen molar-refractivity contribution in [3.8, 4) is 0 Å². The standard InChI is InChI=1S/C17H20FN3O3S/c18-12-6-8-13(9-7-12)25(23,24)11-10-19-17(22)16-14-4-2-1-3-5-15(14)20-21-16/h6-9H,1-5,10-11H2,(H,19,22)(H,20,21). The van der Waals surface area contributed by atoms with Gasteiger partial charge in [-0.25, -0.2) is 12.8 Å². The average Bonchev–Trinajstić information content (AvgIpc) is 2.84. The lowest BCUT2D eigenvalue weighted by Gasteiger charge is -2.07. The van der Waals surface area contributed by atoms with Gasteiger partial charge in [-0.2, -0.15) is 5.10 Å². The van der Waals surface area contributed by atoms with Crippen LogP contribution in [0.4, 0.5) is 4.39 Å². The summed E-state index contributed by atoms with van der Waals surface area (Å²) < 4.78 is 37.3. The van der Waals surface area contributed by atoms with E-state index in [1.807, 2.05) is 0 Å². The van der Waals surface area contributed by atoms with E-state index in [-0.39, 0.29) is 23.1 Å². The Hall–Kier alpha value is -2.22. The third-order valence-corrected chi connectivity index (χ3v) is 6.08. The lowest BCUT2D eigenvalue weighted by molar-refractivity contribution is 0.0950. The van der Waals surface area contributed by atoms with E-state index in [1.54, 1.807) is 0 Å². The maximum atomic E-state index is 12.9. The van der Waals surface area contributed by atoms with Crippen LogP contribution >= 0.6 is 0 Å². The van der Waals surface area contributed by atoms with Gasteiger partial charge in [0.1, 0.15) is 5.82 Å². The Balaban J connectivity index is 1.61. The number of aromatic nitrogens is 2. The van der Waals surface area contributed by atoms with Crippen molar-refractivity contribution in [3.63, 3.8) is 0 Å². The van der Waals surface area contributed by atoms with Crippen molar-refractivity contribution >= 4 is 15.7 Å². The molecule has 6 nitrogen and oxygen atoms in total. The van der Waals surface area contributed by atoms with Crippen LogP contribution in [0.3, 0.4) is 0 Å². The zero-order valence-corrected chi connectivity index (χ0v) is 14.5. The SMILES string of the molecule is O=C(NCCS(=O)(=O)c1ccc(F)cc1)c1n[nH]c2c1CCCCC2. The summed E-state index contributed by atoms with van der Waals surface area (Å²) >= 11 is 0. The van der Waals surface area contributed by atoms with Crippen molar-refractivity contribution in [2.24, 2.45) is 0 Å². The van der Waals surface area contributed by atoms with Gasteiger partial charge in [-0.1, -0.05) is 6.42 Å². The van der Waals surface area contributed by atoms with Crippen LogP contribution in [-0.4, -0.2) is 36.8 Å². The van der Waals surface area contributed by atoms with Crippen LogP contribution < -0.4 is 5.32 Å². The topological polar surface area (TPSA) is 91.9 Å². The summed E-state index contributed by atoms with van der Waals surface area (Å²) in [6.07, 6.45) is 4.91. The second-order valence-corrected chi connectivity index (χ2v) is 8.23. The van der Waals surface area contributed by atoms with Crippen molar-refractivity contribution in [3.05, 3.63) is 47.0 Å². The summed E-state index contributed by atoms with van der Waals surface area (Å²) in [5.41, 5.74) is 2.30. The number of fused-ring (bicyclic) bond motifs is 1. The minimum atomic E-state index is -3.57. The molecule has 0 radical (unpaired) electrons. The fourth-order valence-electron chi connectivity index (χ4n) is 2.99. The van der Waals surface area contributed by atoms with Crippen molar-refractivity contribution < 1.29 is 17.6 Å². The smallest absolute Gasteiger partial charge is 0.272 e. The molecule has 1 aliphatic carbocycles. The Morgan fingerprint density at radius 2 is 1.88 bits per heavy atom. The first kappa shape index (κ1) is 17.6. The van der Waals surface area contributed by atoms with Crippen LogP contribution in [0.25, 0.3) is 0 Å². The van der Waals surface area contributed by atoms with Gasteiger partial charge in [-0.05, 0) is 49.9 Å². The molecule has 25 heavy (non-hydrogen) atoms. The number of sulfone groups is 1. The van der Waals surface area contributed by atoms with Crippen molar-refractivity contribution in [2.75, 3.05) is 12.3 Å². The predicted molar refractivity (Wildman–Crippen MR) is 90.6 cm³/mol. The Bertz CT molecular complexity index is 860. The molecule has 0 fully saturated rings. The molecule has 0 aliphatic heterocycles. The van der Waals surface area contributed by atoms with Gasteiger partial charge in [-0.15, -0.1) is 0 Å². The number of aryl methyl sites for hydroxylation is 1. The third-order valence-electron chi connectivity index (χ3n) is 4.35. The highest BCUT2D eigenvalue weighted by Crippen LogP contribution is 2.21. The van der Waals surface area contributed by atoms with Crippen molar-refractivity contribution in [1.82, 2.24) is 15.5 Å². The Morgan fingerprint density at radius 1 is 1.16 bits per heavy atom. The van der Waals surface area contributed by atoms with Crippen molar-refractivity contribution in [2.45, 2.75) is 37.0 Å². The zero-order chi connectivity index (χ0) is 17.9. The van der Waals surface area contributed by atoms with Crippen molar-refractivity contribution in [1.29, 1.82) is 0 Å². The molecular weight excluding hydrogens is 345 g/mol. The van der Waals surface area contributed by atoms with Gasteiger partial charge in [0.05, 0.1) is 10.6 Å². The van der Waals surface area contributed by atoms with Gasteiger partial charge in [0.25, 0.3) is 5.91 Å². The Kier molecular flexibility index (Phi) is 5.17. The summed E-state index contributed by atoms with van der Waals surface area (Å²) in [6, 6.07) is 4.65. The molecule has 1 amide bonds. The highest BCUT2D eigenvalue weighted by atomic mass is 32.2. The summed E-state index contributed by atoms with van der Waals surface area (Å²) in [4.78, 5) is 12.4. The highest BCUT2D eigenvalue weighted by molar-refractivity contribution is 7.91. The summed E-state index contributed by atoms with van der Waals surface area (Å²) in [5, 5.41) is 9.63. The van der Waals surface area contributed by atoms with E-state index in [2.05, 4.69) is 15.5 Å². The molecule has 1 aliphatic rings. The number of hydrogen-bond donors (Lipinski definition) is 2. The number of carbonyl (C=O) groups is 1. The summed E-state index contributed by atoms with van der Waals surface area (Å²) in [5.74, 6) is -1.11. The molecule has 0 unspecified atom stereocenters. The van der Waals surface area contributed by atoms with Crippen LogP contribution in [0.5, 0.6) is 0 Å². The molecule has 8 heteroatoms. The molecule has 2 aromatic rings. The number of benzene rings is 1. The molecular formula is C17H20FN3O3S. The number of hydrogen-bond acceptors (Lipinski definition) is 4. The second-order valence-electron chi connectivity index (χ2n) is 6.12. The second kappa shape index (κ2) is 7.35. The number of carbonyl (C=O) groups excluding carboxylic acids is 1. The maximum absolute atomic E-state index is 12.9. The number of amides is 1. The van der Waals surface area contributed by atoms with Crippen LogP contribution in [0, 0.1) is 5.82 Å². The van der Waals surface area contributed by atoms with E-state index < -0.39 is 15.7 Å². The first-order chi connectivity index (χ1) is 12.0. The number of rotatable bonds is 5. The Morgan fingerprint density at radius 3 is 2.64 bits per heavy atom. The van der Waals surface area contributed by atoms with E-state index in [0.29, 0.717) is 5.69 Å². The minimum absolute atomic E-state index is 0.0276. The summed E-state index contributed by atoms with van der Waals surface area (Å²) in [6.45, 7) is -0.0276. The molecule has 0 saturated carbocycles. The number of halogens is 1. The zero-order valence-electron chi connectivity index (χ0n) is 13.7. The average molecular weight is 365 g/mol. The van der Waals surface area contributed by atoms with Crippen LogP contribution in [0.15, 0.2) is 29.2 Å². The van der Waals surface area contributed by atoms with Gasteiger partial charge >= 0.3 is 0 Å². The van der Waals surface area contributed by atoms with Gasteiger partial charge in [-0.3, -0.25) is 9.89 Å². The monoisotopic (exact) mass is 365 g/mol. The normalized spacial score (nSPS) is 14.6. The van der Waals surface area contributed by atoms with E-state index in [9.17, 15) is 17.6 Å². The molecule has 0 saturated heterocycles. The first-order valence-corrected chi connectivity index (χ1v) is 9.95. The molecule has 3 rings (SSSR count). The van der Waals surface area contributed by atoms with E-state index in [4.69, 9.17) is 0 Å². The van der Waals surface area contributed by atoms with Crippen LogP contribution in [-0.2, 0) is 22.7 Å². The molecule has 0 atom stereocenters. The first-order valence-electron chi connectivity index (χ1n) is 8.30. The van der Waals surface area contributed by atoms with E-state index >= 15 is 0 Å². The number of nitrogens with zero attached hydrogens (tertiary/aromatic N) is 1. The maximum Gasteiger partial charge on any atom is 0.272 e. The fourth-order valence-corrected chi connectivity index (χ4v) is 4.15. The molecule has 2 N–H and O–H groups in total. The van der Waals surface area contributed by atoms with Gasteiger partial charge < -0.3 is 5.32 Å². The lowest BCUT2D eigenvalue weighted by atomic mass is 10.1. The third kappa shape index (κ3) is 4.07. The largest absolute Gasteiger partial charge is 0.350 e. The van der Waals surface area contributed by atoms with Crippen LogP contribution in [0.2, 0.25) is 0 Å². The molecule has 1 heterocycles. The van der Waals surface area contributed by atoms with Crippen LogP contribution in [0.1, 0.15) is 41.0 Å². The number of aromatic amines is 1. The molecule has 1 aromatic carbocycles.